The molecule has 4 nitrogen and oxygen atoms in total. The van der Waals surface area contributed by atoms with Gasteiger partial charge in [-0.25, -0.2) is 8.78 Å². The van der Waals surface area contributed by atoms with Crippen LogP contribution >= 0.6 is 0 Å². The largest absolute Gasteiger partial charge is 0.398 e. The highest BCUT2D eigenvalue weighted by Crippen LogP contribution is 2.14. The van der Waals surface area contributed by atoms with Crippen LogP contribution in [0, 0.1) is 0 Å². The third-order valence-corrected chi connectivity index (χ3v) is 2.97. The molecule has 2 N–H and O–H groups in total. The summed E-state index contributed by atoms with van der Waals surface area (Å²) in [5.41, 5.74) is 7.40. The van der Waals surface area contributed by atoms with Gasteiger partial charge < -0.3 is 15.4 Å². The zero-order valence-corrected chi connectivity index (χ0v) is 12.2. The number of carbonyl (C=O) groups excluding carboxylic acids is 1. The van der Waals surface area contributed by atoms with Crippen molar-refractivity contribution in [3.05, 3.63) is 29.8 Å². The highest BCUT2D eigenvalue weighted by atomic mass is 19.3. The maximum atomic E-state index is 12.1. The topological polar surface area (TPSA) is 55.6 Å². The fourth-order valence-electron chi connectivity index (χ4n) is 1.94. The van der Waals surface area contributed by atoms with Crippen molar-refractivity contribution >= 4 is 11.6 Å². The van der Waals surface area contributed by atoms with Gasteiger partial charge in [0, 0.05) is 18.8 Å². The zero-order chi connectivity index (χ0) is 15.7. The van der Waals surface area contributed by atoms with Crippen LogP contribution in [0.15, 0.2) is 24.3 Å². The summed E-state index contributed by atoms with van der Waals surface area (Å²) in [7, 11) is 0. The Balaban J connectivity index is 2.52. The zero-order valence-electron chi connectivity index (χ0n) is 12.2. The lowest BCUT2D eigenvalue weighted by atomic mass is 10.1. The van der Waals surface area contributed by atoms with E-state index in [-0.39, 0.29) is 18.9 Å². The minimum absolute atomic E-state index is 0.00760. The van der Waals surface area contributed by atoms with Gasteiger partial charge in [-0.2, -0.15) is 0 Å². The number of carbonyl (C=O) groups is 1. The number of ether oxygens (including phenoxy) is 1. The lowest BCUT2D eigenvalue weighted by Gasteiger charge is -2.23. The van der Waals surface area contributed by atoms with Gasteiger partial charge in [-0.05, 0) is 18.1 Å². The van der Waals surface area contributed by atoms with Gasteiger partial charge in [-0.3, -0.25) is 4.79 Å². The molecule has 0 radical (unpaired) electrons. The molecule has 0 spiro atoms. The Morgan fingerprint density at radius 2 is 2.10 bits per heavy atom. The first-order valence-electron chi connectivity index (χ1n) is 7.01. The summed E-state index contributed by atoms with van der Waals surface area (Å²) >= 11 is 0. The molecule has 0 unspecified atom stereocenters. The number of benzene rings is 1. The van der Waals surface area contributed by atoms with Crippen molar-refractivity contribution in [3.8, 4) is 0 Å². The Bertz CT molecular complexity index is 441. The summed E-state index contributed by atoms with van der Waals surface area (Å²) in [5.74, 6) is -0.116. The molecule has 118 valence electrons. The third kappa shape index (κ3) is 6.53. The molecule has 0 bridgehead atoms. The average Bonchev–Trinajstić information content (AvgIpc) is 2.45. The summed E-state index contributed by atoms with van der Waals surface area (Å²) in [6.07, 6.45) is -1.59. The quantitative estimate of drug-likeness (QED) is 0.563. The lowest BCUT2D eigenvalue weighted by Crippen LogP contribution is -2.32. The summed E-state index contributed by atoms with van der Waals surface area (Å²) in [6, 6.07) is 7.36. The second kappa shape index (κ2) is 9.28. The van der Waals surface area contributed by atoms with Crippen molar-refractivity contribution in [2.24, 2.45) is 0 Å². The molecule has 0 aliphatic heterocycles. The maximum Gasteiger partial charge on any atom is 0.261 e. The van der Waals surface area contributed by atoms with Crippen LogP contribution in [0.4, 0.5) is 14.5 Å². The van der Waals surface area contributed by atoms with E-state index >= 15 is 0 Å². The molecule has 1 aromatic carbocycles. The molecule has 0 aliphatic carbocycles. The summed E-state index contributed by atoms with van der Waals surface area (Å²) in [5, 5.41) is 0. The van der Waals surface area contributed by atoms with Crippen molar-refractivity contribution in [1.29, 1.82) is 0 Å². The first-order valence-corrected chi connectivity index (χ1v) is 7.01. The van der Waals surface area contributed by atoms with E-state index in [0.717, 1.165) is 12.0 Å². The molecule has 0 aromatic heterocycles. The van der Waals surface area contributed by atoms with Gasteiger partial charge >= 0.3 is 0 Å². The molecule has 21 heavy (non-hydrogen) atoms. The standard InChI is InChI=1S/C15H22F2N2O2/c1-2-8-19(10-12-5-3-4-6-13(12)18)15(20)7-9-21-11-14(16)17/h3-6,14H,2,7-11,18H2,1H3. The predicted octanol–water partition coefficient (Wildman–Crippen LogP) is 2.68. The van der Waals surface area contributed by atoms with Crippen LogP contribution in [-0.2, 0) is 16.1 Å². The first-order chi connectivity index (χ1) is 10.0. The van der Waals surface area contributed by atoms with E-state index in [2.05, 4.69) is 0 Å². The minimum Gasteiger partial charge on any atom is -0.398 e. The molecule has 0 saturated carbocycles. The SMILES string of the molecule is CCCN(Cc1ccccc1N)C(=O)CCOCC(F)F. The van der Waals surface area contributed by atoms with Crippen LogP contribution in [0.5, 0.6) is 0 Å². The smallest absolute Gasteiger partial charge is 0.261 e. The molecule has 0 heterocycles. The number of halogens is 2. The molecule has 0 atom stereocenters. The monoisotopic (exact) mass is 300 g/mol. The Hall–Kier alpha value is -1.69. The van der Waals surface area contributed by atoms with E-state index in [1.54, 1.807) is 11.0 Å². The van der Waals surface area contributed by atoms with Crippen molar-refractivity contribution in [2.75, 3.05) is 25.5 Å². The van der Waals surface area contributed by atoms with Crippen molar-refractivity contribution in [2.45, 2.75) is 32.7 Å². The molecule has 0 aliphatic rings. The number of nitrogen functional groups attached to an aromatic ring is 1. The summed E-state index contributed by atoms with van der Waals surface area (Å²) in [6.45, 7) is 2.37. The number of nitrogens with two attached hydrogens (primary N) is 1. The molecule has 0 fully saturated rings. The van der Waals surface area contributed by atoms with Crippen molar-refractivity contribution in [1.82, 2.24) is 4.90 Å². The molecule has 0 saturated heterocycles. The van der Waals surface area contributed by atoms with Gasteiger partial charge in [0.15, 0.2) is 0 Å². The van der Waals surface area contributed by atoms with Gasteiger partial charge in [0.2, 0.25) is 5.91 Å². The fraction of sp³-hybridized carbons (Fsp3) is 0.533. The molecular weight excluding hydrogens is 278 g/mol. The fourth-order valence-corrected chi connectivity index (χ4v) is 1.94. The Labute approximate surface area is 123 Å². The normalized spacial score (nSPS) is 10.9. The molecule has 6 heteroatoms. The number of hydrogen-bond donors (Lipinski definition) is 1. The van der Waals surface area contributed by atoms with E-state index in [4.69, 9.17) is 10.5 Å². The third-order valence-electron chi connectivity index (χ3n) is 2.97. The predicted molar refractivity (Wildman–Crippen MR) is 78.0 cm³/mol. The Kier molecular flexibility index (Phi) is 7.68. The Morgan fingerprint density at radius 3 is 2.71 bits per heavy atom. The first kappa shape index (κ1) is 17.4. The summed E-state index contributed by atoms with van der Waals surface area (Å²) < 4.78 is 28.6. The van der Waals surface area contributed by atoms with Crippen LogP contribution in [0.2, 0.25) is 0 Å². The van der Waals surface area contributed by atoms with Crippen LogP contribution in [0.1, 0.15) is 25.3 Å². The molecule has 1 amide bonds. The molecule has 1 rings (SSSR count). The maximum absolute atomic E-state index is 12.1. The number of nitrogens with zero attached hydrogens (tertiary/aromatic N) is 1. The highest BCUT2D eigenvalue weighted by Gasteiger charge is 2.14. The van der Waals surface area contributed by atoms with E-state index in [1.165, 1.54) is 0 Å². The van der Waals surface area contributed by atoms with Gasteiger partial charge in [0.25, 0.3) is 6.43 Å². The van der Waals surface area contributed by atoms with E-state index in [1.807, 2.05) is 25.1 Å². The number of hydrogen-bond acceptors (Lipinski definition) is 3. The van der Waals surface area contributed by atoms with Crippen molar-refractivity contribution in [3.63, 3.8) is 0 Å². The average molecular weight is 300 g/mol. The van der Waals surface area contributed by atoms with Gasteiger partial charge in [-0.1, -0.05) is 25.1 Å². The van der Waals surface area contributed by atoms with Crippen LogP contribution < -0.4 is 5.73 Å². The second-order valence-corrected chi connectivity index (χ2v) is 4.73. The van der Waals surface area contributed by atoms with Gasteiger partial charge in [0.05, 0.1) is 13.0 Å². The second-order valence-electron chi connectivity index (χ2n) is 4.73. The van der Waals surface area contributed by atoms with Crippen molar-refractivity contribution < 1.29 is 18.3 Å². The molecule has 1 aromatic rings. The van der Waals surface area contributed by atoms with E-state index in [9.17, 15) is 13.6 Å². The van der Waals surface area contributed by atoms with E-state index < -0.39 is 13.0 Å². The molecular formula is C15H22F2N2O2. The summed E-state index contributed by atoms with van der Waals surface area (Å²) in [4.78, 5) is 13.8. The minimum atomic E-state index is -2.50. The number of anilines is 1. The van der Waals surface area contributed by atoms with Crippen LogP contribution in [0.3, 0.4) is 0 Å². The van der Waals surface area contributed by atoms with Crippen LogP contribution in [0.25, 0.3) is 0 Å². The van der Waals surface area contributed by atoms with E-state index in [0.29, 0.717) is 18.8 Å². The van der Waals surface area contributed by atoms with Gasteiger partial charge in [-0.15, -0.1) is 0 Å². The Morgan fingerprint density at radius 1 is 1.38 bits per heavy atom. The lowest BCUT2D eigenvalue weighted by molar-refractivity contribution is -0.133. The number of amides is 1. The number of rotatable bonds is 9. The highest BCUT2D eigenvalue weighted by molar-refractivity contribution is 5.76. The van der Waals surface area contributed by atoms with Crippen LogP contribution in [-0.4, -0.2) is 37.0 Å². The number of para-hydroxylation sites is 1. The number of alkyl halides is 2. The van der Waals surface area contributed by atoms with Gasteiger partial charge in [0.1, 0.15) is 6.61 Å².